The summed E-state index contributed by atoms with van der Waals surface area (Å²) in [7, 11) is 4.65. The molecule has 0 bridgehead atoms. The number of nitrogens with one attached hydrogen (secondary N) is 3. The summed E-state index contributed by atoms with van der Waals surface area (Å²) in [5.74, 6) is 2.08. The van der Waals surface area contributed by atoms with Crippen molar-refractivity contribution >= 4 is 17.0 Å². The molecule has 0 aliphatic carbocycles. The van der Waals surface area contributed by atoms with E-state index in [4.69, 9.17) is 18.6 Å². The molecule has 3 N–H and O–H groups in total. The molecule has 0 radical (unpaired) electrons. The summed E-state index contributed by atoms with van der Waals surface area (Å²) < 4.78 is 22.6. The number of methoxy groups -OCH3 is 3. The Morgan fingerprint density at radius 3 is 2.46 bits per heavy atom. The SMILES string of the molecule is COc1cc(-c2cc3nccc(-c4cccc(C(=O)NCc5n[nH]c(=O)[nH]5)c4)c3o2)cc(OC)c1OC. The number of H-pyrrole nitrogens is 2. The molecule has 188 valence electrons. The minimum atomic E-state index is -0.433. The molecule has 11 heteroatoms. The lowest BCUT2D eigenvalue weighted by molar-refractivity contribution is 0.0950. The molecule has 0 aliphatic heterocycles. The fourth-order valence-corrected chi connectivity index (χ4v) is 4.01. The summed E-state index contributed by atoms with van der Waals surface area (Å²) in [5, 5.41) is 8.79. The number of carbonyl (C=O) groups excluding carboxylic acids is 1. The van der Waals surface area contributed by atoms with Gasteiger partial charge in [-0.15, -0.1) is 0 Å². The fraction of sp³-hybridized carbons (Fsp3) is 0.154. The van der Waals surface area contributed by atoms with Crippen molar-refractivity contribution < 1.29 is 23.4 Å². The maximum Gasteiger partial charge on any atom is 0.340 e. The molecule has 0 unspecified atom stereocenters. The highest BCUT2D eigenvalue weighted by Crippen LogP contribution is 2.42. The van der Waals surface area contributed by atoms with Gasteiger partial charge in [0.1, 0.15) is 17.1 Å². The highest BCUT2D eigenvalue weighted by molar-refractivity contribution is 5.98. The molecule has 0 saturated heterocycles. The van der Waals surface area contributed by atoms with Crippen LogP contribution in [-0.2, 0) is 6.54 Å². The van der Waals surface area contributed by atoms with Gasteiger partial charge in [0.25, 0.3) is 5.91 Å². The number of amides is 1. The van der Waals surface area contributed by atoms with Crippen LogP contribution in [0.2, 0.25) is 0 Å². The molecule has 0 fully saturated rings. The summed E-state index contributed by atoms with van der Waals surface area (Å²) in [5.41, 5.74) is 3.50. The highest BCUT2D eigenvalue weighted by Gasteiger charge is 2.18. The summed E-state index contributed by atoms with van der Waals surface area (Å²) in [4.78, 5) is 30.9. The van der Waals surface area contributed by atoms with E-state index in [9.17, 15) is 9.59 Å². The van der Waals surface area contributed by atoms with Gasteiger partial charge in [-0.25, -0.2) is 9.89 Å². The lowest BCUT2D eigenvalue weighted by Crippen LogP contribution is -2.23. The number of benzene rings is 2. The number of aromatic amines is 2. The summed E-state index contributed by atoms with van der Waals surface area (Å²) in [6, 6.07) is 14.4. The molecule has 0 atom stereocenters. The predicted octanol–water partition coefficient (Wildman–Crippen LogP) is 3.53. The van der Waals surface area contributed by atoms with Crippen LogP contribution >= 0.6 is 0 Å². The lowest BCUT2D eigenvalue weighted by Gasteiger charge is -2.13. The van der Waals surface area contributed by atoms with E-state index < -0.39 is 5.69 Å². The number of pyridine rings is 1. The molecule has 2 aromatic carbocycles. The van der Waals surface area contributed by atoms with Crippen LogP contribution in [0.1, 0.15) is 16.2 Å². The van der Waals surface area contributed by atoms with Crippen LogP contribution in [0, 0.1) is 0 Å². The second-order valence-corrected chi connectivity index (χ2v) is 7.99. The largest absolute Gasteiger partial charge is 0.493 e. The van der Waals surface area contributed by atoms with Crippen molar-refractivity contribution in [2.24, 2.45) is 0 Å². The lowest BCUT2D eigenvalue weighted by atomic mass is 10.0. The van der Waals surface area contributed by atoms with E-state index in [1.54, 1.807) is 57.9 Å². The maximum atomic E-state index is 12.7. The van der Waals surface area contributed by atoms with E-state index in [1.165, 1.54) is 0 Å². The first kappa shape index (κ1) is 23.7. The number of nitrogens with zero attached hydrogens (tertiary/aromatic N) is 2. The van der Waals surface area contributed by atoms with Crippen LogP contribution in [0.3, 0.4) is 0 Å². The molecule has 1 amide bonds. The fourth-order valence-electron chi connectivity index (χ4n) is 4.01. The third-order valence-electron chi connectivity index (χ3n) is 5.76. The summed E-state index contributed by atoms with van der Waals surface area (Å²) in [6.45, 7) is 0.0810. The van der Waals surface area contributed by atoms with Crippen molar-refractivity contribution in [3.8, 4) is 39.7 Å². The van der Waals surface area contributed by atoms with Gasteiger partial charge in [-0.05, 0) is 35.9 Å². The van der Waals surface area contributed by atoms with Crippen molar-refractivity contribution in [3.05, 3.63) is 76.6 Å². The van der Waals surface area contributed by atoms with Crippen LogP contribution in [0.4, 0.5) is 0 Å². The maximum absolute atomic E-state index is 12.7. The van der Waals surface area contributed by atoms with Crippen LogP contribution in [0.15, 0.2) is 63.9 Å². The molecule has 3 heterocycles. The number of hydrogen-bond donors (Lipinski definition) is 3. The average Bonchev–Trinajstić information content (AvgIpc) is 3.56. The van der Waals surface area contributed by atoms with Crippen LogP contribution in [-0.4, -0.2) is 47.4 Å². The Morgan fingerprint density at radius 1 is 1.00 bits per heavy atom. The van der Waals surface area contributed by atoms with Crippen molar-refractivity contribution in [2.45, 2.75) is 6.54 Å². The zero-order chi connectivity index (χ0) is 25.9. The second kappa shape index (κ2) is 9.90. The number of carbonyl (C=O) groups is 1. The van der Waals surface area contributed by atoms with Crippen LogP contribution in [0.25, 0.3) is 33.6 Å². The van der Waals surface area contributed by atoms with Crippen molar-refractivity contribution in [1.29, 1.82) is 0 Å². The Balaban J connectivity index is 1.49. The van der Waals surface area contributed by atoms with Gasteiger partial charge in [0.05, 0.1) is 27.9 Å². The molecule has 0 saturated carbocycles. The molecular weight excluding hydrogens is 478 g/mol. The van der Waals surface area contributed by atoms with E-state index in [-0.39, 0.29) is 12.5 Å². The zero-order valence-corrected chi connectivity index (χ0v) is 20.2. The molecule has 5 rings (SSSR count). The van der Waals surface area contributed by atoms with E-state index in [2.05, 4.69) is 25.5 Å². The highest BCUT2D eigenvalue weighted by atomic mass is 16.5. The van der Waals surface area contributed by atoms with Crippen molar-refractivity contribution in [1.82, 2.24) is 25.5 Å². The first-order valence-electron chi connectivity index (χ1n) is 11.2. The minimum absolute atomic E-state index is 0.0810. The van der Waals surface area contributed by atoms with E-state index in [0.29, 0.717) is 45.5 Å². The molecular formula is C26H23N5O6. The third kappa shape index (κ3) is 4.61. The smallest absolute Gasteiger partial charge is 0.340 e. The Bertz CT molecular complexity index is 1630. The number of furan rings is 1. The normalized spacial score (nSPS) is 10.9. The number of aromatic nitrogens is 4. The topological polar surface area (TPSA) is 144 Å². The van der Waals surface area contributed by atoms with Gasteiger partial charge in [0.15, 0.2) is 17.1 Å². The van der Waals surface area contributed by atoms with Gasteiger partial charge in [0.2, 0.25) is 5.75 Å². The van der Waals surface area contributed by atoms with Crippen molar-refractivity contribution in [2.75, 3.05) is 21.3 Å². The predicted molar refractivity (Wildman–Crippen MR) is 135 cm³/mol. The summed E-state index contributed by atoms with van der Waals surface area (Å²) >= 11 is 0. The van der Waals surface area contributed by atoms with Gasteiger partial charge >= 0.3 is 5.69 Å². The van der Waals surface area contributed by atoms with Gasteiger partial charge < -0.3 is 23.9 Å². The molecule has 3 aromatic heterocycles. The van der Waals surface area contributed by atoms with Crippen LogP contribution in [0.5, 0.6) is 17.2 Å². The molecule has 37 heavy (non-hydrogen) atoms. The Kier molecular flexibility index (Phi) is 6.33. The Labute approximate surface area is 210 Å². The standard InChI is InChI=1S/C26H23N5O6/c1-34-20-10-16(11-21(35-2)24(20)36-3)19-12-18-23(37-19)17(7-8-27-18)14-5-4-6-15(9-14)25(32)28-13-22-29-26(33)31-30-22/h4-12H,13H2,1-3H3,(H,28,32)(H2,29,30,31,33). The number of hydrogen-bond acceptors (Lipinski definition) is 8. The third-order valence-corrected chi connectivity index (χ3v) is 5.76. The molecule has 11 nitrogen and oxygen atoms in total. The first-order valence-corrected chi connectivity index (χ1v) is 11.2. The van der Waals surface area contributed by atoms with Gasteiger partial charge in [-0.3, -0.25) is 14.8 Å². The number of ether oxygens (including phenoxy) is 3. The quantitative estimate of drug-likeness (QED) is 0.293. The number of fused-ring (bicyclic) bond motifs is 1. The van der Waals surface area contributed by atoms with E-state index in [1.807, 2.05) is 18.2 Å². The van der Waals surface area contributed by atoms with Gasteiger partial charge in [-0.1, -0.05) is 12.1 Å². The van der Waals surface area contributed by atoms with E-state index in [0.717, 1.165) is 16.7 Å². The van der Waals surface area contributed by atoms with Crippen molar-refractivity contribution in [3.63, 3.8) is 0 Å². The zero-order valence-electron chi connectivity index (χ0n) is 20.2. The van der Waals surface area contributed by atoms with Gasteiger partial charge in [-0.2, -0.15) is 5.10 Å². The second-order valence-electron chi connectivity index (χ2n) is 7.99. The Morgan fingerprint density at radius 2 is 1.78 bits per heavy atom. The first-order chi connectivity index (χ1) is 18.0. The van der Waals surface area contributed by atoms with Crippen LogP contribution < -0.4 is 25.2 Å². The average molecular weight is 501 g/mol. The van der Waals surface area contributed by atoms with Gasteiger partial charge in [0, 0.05) is 29.0 Å². The van der Waals surface area contributed by atoms with E-state index >= 15 is 0 Å². The molecule has 0 aliphatic rings. The number of rotatable bonds is 8. The summed E-state index contributed by atoms with van der Waals surface area (Å²) in [6.07, 6.45) is 1.69. The Hall–Kier alpha value is -5.06. The monoisotopic (exact) mass is 501 g/mol. The molecule has 5 aromatic rings. The minimum Gasteiger partial charge on any atom is -0.493 e. The molecule has 0 spiro atoms.